The van der Waals surface area contributed by atoms with E-state index in [9.17, 15) is 19.8 Å². The number of pyridine rings is 1. The standard InChI is InChI=1S/C41H44N4O6/c46-35-14-12-33(34-13-15-38(48)43-40(34)35)36(47)24-42-19-16-27-6-4-7-28(22-27)26-50-32-11-5-10-31(23-32)39(30-8-2-1-3-9-30)44-41(49)51-37-25-45-20-17-29(37)18-21-45/h1-15,22-23,29,36-37,39,42,46-47H,16-21,24-26H2,(H,43,48)(H,44,49)/t36?,37?,39-/m0/s1. The smallest absolute Gasteiger partial charge is 0.408 e. The molecule has 51 heavy (non-hydrogen) atoms. The molecule has 0 saturated carbocycles. The summed E-state index contributed by atoms with van der Waals surface area (Å²) in [7, 11) is 0. The fourth-order valence-electron chi connectivity index (χ4n) is 7.29. The van der Waals surface area contributed by atoms with Gasteiger partial charge in [-0.05, 0) is 96.9 Å². The molecule has 264 valence electrons. The molecule has 3 saturated heterocycles. The first-order chi connectivity index (χ1) is 24.9. The molecule has 5 N–H and O–H groups in total. The van der Waals surface area contributed by atoms with Gasteiger partial charge in [0.25, 0.3) is 0 Å². The zero-order valence-electron chi connectivity index (χ0n) is 28.5. The minimum Gasteiger partial charge on any atom is -0.506 e. The molecule has 4 aromatic carbocycles. The fraction of sp³-hybridized carbons (Fsp3) is 0.317. The monoisotopic (exact) mass is 688 g/mol. The van der Waals surface area contributed by atoms with Gasteiger partial charge >= 0.3 is 6.09 Å². The molecule has 3 aliphatic heterocycles. The topological polar surface area (TPSA) is 136 Å². The maximum atomic E-state index is 13.2. The molecule has 8 rings (SSSR count). The van der Waals surface area contributed by atoms with Crippen molar-refractivity contribution < 1.29 is 24.5 Å². The van der Waals surface area contributed by atoms with E-state index in [0.29, 0.717) is 47.8 Å². The van der Waals surface area contributed by atoms with Crippen molar-refractivity contribution in [3.8, 4) is 11.5 Å². The Morgan fingerprint density at radius 3 is 2.49 bits per heavy atom. The first-order valence-electron chi connectivity index (χ1n) is 17.7. The van der Waals surface area contributed by atoms with Gasteiger partial charge in [0, 0.05) is 24.5 Å². The van der Waals surface area contributed by atoms with Crippen LogP contribution in [0.15, 0.2) is 108 Å². The molecule has 3 aliphatic rings. The van der Waals surface area contributed by atoms with Crippen molar-refractivity contribution in [2.75, 3.05) is 32.7 Å². The number of ether oxygens (including phenoxy) is 2. The van der Waals surface area contributed by atoms with Crippen molar-refractivity contribution >= 4 is 17.0 Å². The number of phenolic OH excluding ortho intramolecular Hbond substituents is 1. The number of hydrogen-bond acceptors (Lipinski definition) is 8. The molecule has 0 radical (unpaired) electrons. The summed E-state index contributed by atoms with van der Waals surface area (Å²) in [5.74, 6) is 1.10. The van der Waals surface area contributed by atoms with Gasteiger partial charge in [-0.3, -0.25) is 9.69 Å². The van der Waals surface area contributed by atoms with Crippen molar-refractivity contribution in [2.24, 2.45) is 5.92 Å². The average molecular weight is 689 g/mol. The van der Waals surface area contributed by atoms with E-state index < -0.39 is 18.2 Å². The zero-order chi connectivity index (χ0) is 35.2. The van der Waals surface area contributed by atoms with Crippen LogP contribution < -0.4 is 20.9 Å². The third-order valence-electron chi connectivity index (χ3n) is 10.0. The predicted molar refractivity (Wildman–Crippen MR) is 196 cm³/mol. The maximum Gasteiger partial charge on any atom is 0.408 e. The molecule has 2 bridgehead atoms. The van der Waals surface area contributed by atoms with Gasteiger partial charge in [-0.2, -0.15) is 0 Å². The number of phenols is 1. The van der Waals surface area contributed by atoms with Gasteiger partial charge in [0.05, 0.1) is 17.7 Å². The van der Waals surface area contributed by atoms with Crippen LogP contribution >= 0.6 is 0 Å². The Bertz CT molecular complexity index is 2010. The normalized spacial score (nSPS) is 19.4. The number of aromatic hydroxyl groups is 1. The minimum atomic E-state index is -0.818. The number of carbonyl (C=O) groups excluding carboxylic acids is 1. The van der Waals surface area contributed by atoms with Crippen molar-refractivity contribution in [3.05, 3.63) is 141 Å². The van der Waals surface area contributed by atoms with Crippen LogP contribution in [0.3, 0.4) is 0 Å². The maximum absolute atomic E-state index is 13.2. The van der Waals surface area contributed by atoms with Crippen molar-refractivity contribution in [2.45, 2.75) is 44.1 Å². The Hall–Kier alpha value is -5.16. The lowest BCUT2D eigenvalue weighted by atomic mass is 9.86. The number of aromatic nitrogens is 1. The van der Waals surface area contributed by atoms with Gasteiger partial charge in [0.15, 0.2) is 0 Å². The number of nitrogens with zero attached hydrogens (tertiary/aromatic N) is 1. The second kappa shape index (κ2) is 15.8. The number of alkyl carbamates (subject to hydrolysis) is 1. The van der Waals surface area contributed by atoms with Gasteiger partial charge in [-0.25, -0.2) is 4.79 Å². The van der Waals surface area contributed by atoms with E-state index in [1.54, 1.807) is 12.1 Å². The van der Waals surface area contributed by atoms with Crippen molar-refractivity contribution in [1.82, 2.24) is 20.5 Å². The highest BCUT2D eigenvalue weighted by atomic mass is 16.6. The molecule has 0 spiro atoms. The van der Waals surface area contributed by atoms with Crippen molar-refractivity contribution in [3.63, 3.8) is 0 Å². The molecule has 2 unspecified atom stereocenters. The number of nitrogens with one attached hydrogen (secondary N) is 3. The van der Waals surface area contributed by atoms with E-state index in [0.717, 1.165) is 61.2 Å². The van der Waals surface area contributed by atoms with Gasteiger partial charge in [-0.15, -0.1) is 0 Å². The number of H-pyrrole nitrogens is 1. The molecule has 10 nitrogen and oxygen atoms in total. The highest BCUT2D eigenvalue weighted by molar-refractivity contribution is 5.87. The number of rotatable bonds is 13. The second-order valence-electron chi connectivity index (χ2n) is 13.5. The summed E-state index contributed by atoms with van der Waals surface area (Å²) in [6.45, 7) is 4.32. The summed E-state index contributed by atoms with van der Waals surface area (Å²) in [5, 5.41) is 28.1. The SMILES string of the molecule is O=C(N[C@@H](c1ccccc1)c1cccc(OCc2cccc(CCNCC(O)c3ccc(O)c4[nH]c(=O)ccc34)c2)c1)OC1CN2CCC1CC2. The van der Waals surface area contributed by atoms with E-state index in [2.05, 4.69) is 32.7 Å². The Kier molecular flexibility index (Phi) is 10.6. The van der Waals surface area contributed by atoms with Gasteiger partial charge in [0.2, 0.25) is 5.56 Å². The lowest BCUT2D eigenvalue weighted by molar-refractivity contribution is -0.0336. The molecule has 1 amide bonds. The summed E-state index contributed by atoms with van der Waals surface area (Å²) in [6.07, 6.45) is 1.61. The summed E-state index contributed by atoms with van der Waals surface area (Å²) >= 11 is 0. The number of aromatic amines is 1. The molecular formula is C41H44N4O6. The quantitative estimate of drug-likeness (QED) is 0.101. The van der Waals surface area contributed by atoms with Crippen molar-refractivity contribution in [1.29, 1.82) is 0 Å². The summed E-state index contributed by atoms with van der Waals surface area (Å²) in [6, 6.07) is 31.7. The molecular weight excluding hydrogens is 644 g/mol. The number of amides is 1. The first kappa shape index (κ1) is 34.3. The van der Waals surface area contributed by atoms with Gasteiger partial charge < -0.3 is 35.3 Å². The number of fused-ring (bicyclic) bond motifs is 4. The average Bonchev–Trinajstić information content (AvgIpc) is 3.16. The van der Waals surface area contributed by atoms with Crippen LogP contribution in [0, 0.1) is 5.92 Å². The van der Waals surface area contributed by atoms with Gasteiger partial charge in [0.1, 0.15) is 24.2 Å². The number of aliphatic hydroxyl groups excluding tert-OH is 1. The van der Waals surface area contributed by atoms with Crippen LogP contribution in [0.4, 0.5) is 4.79 Å². The lowest BCUT2D eigenvalue weighted by Gasteiger charge is -2.43. The summed E-state index contributed by atoms with van der Waals surface area (Å²) in [5.41, 5.74) is 4.66. The van der Waals surface area contributed by atoms with E-state index in [-0.39, 0.29) is 17.4 Å². The van der Waals surface area contributed by atoms with Crippen LogP contribution in [-0.4, -0.2) is 65.0 Å². The Balaban J connectivity index is 0.939. The number of benzene rings is 4. The summed E-state index contributed by atoms with van der Waals surface area (Å²) in [4.78, 5) is 29.9. The highest BCUT2D eigenvalue weighted by Crippen LogP contribution is 2.31. The van der Waals surface area contributed by atoms with Crippen LogP contribution in [0.1, 0.15) is 52.8 Å². The lowest BCUT2D eigenvalue weighted by Crippen LogP contribution is -2.52. The fourth-order valence-corrected chi connectivity index (χ4v) is 7.29. The number of piperidine rings is 3. The highest BCUT2D eigenvalue weighted by Gasteiger charge is 2.37. The number of hydrogen-bond donors (Lipinski definition) is 5. The number of carbonyl (C=O) groups is 1. The van der Waals surface area contributed by atoms with E-state index >= 15 is 0 Å². The summed E-state index contributed by atoms with van der Waals surface area (Å²) < 4.78 is 12.2. The van der Waals surface area contributed by atoms with Gasteiger partial charge in [-0.1, -0.05) is 72.8 Å². The molecule has 3 fully saturated rings. The van der Waals surface area contributed by atoms with Crippen LogP contribution in [-0.2, 0) is 17.8 Å². The Morgan fingerprint density at radius 2 is 1.69 bits per heavy atom. The zero-order valence-corrected chi connectivity index (χ0v) is 28.5. The molecule has 0 aliphatic carbocycles. The van der Waals surface area contributed by atoms with E-state index in [4.69, 9.17) is 9.47 Å². The second-order valence-corrected chi connectivity index (χ2v) is 13.5. The minimum absolute atomic E-state index is 0.0341. The molecule has 3 atom stereocenters. The molecule has 4 heterocycles. The molecule has 1 aromatic heterocycles. The van der Waals surface area contributed by atoms with Crippen LogP contribution in [0.25, 0.3) is 10.9 Å². The predicted octanol–water partition coefficient (Wildman–Crippen LogP) is 5.59. The van der Waals surface area contributed by atoms with E-state index in [1.807, 2.05) is 66.7 Å². The Labute approximate surface area is 297 Å². The van der Waals surface area contributed by atoms with Crippen LogP contribution in [0.5, 0.6) is 11.5 Å². The number of aliphatic hydroxyl groups is 1. The Morgan fingerprint density at radius 1 is 0.902 bits per heavy atom. The molecule has 5 aromatic rings. The molecule has 10 heteroatoms. The third kappa shape index (κ3) is 8.42. The first-order valence-corrected chi connectivity index (χ1v) is 17.7. The van der Waals surface area contributed by atoms with E-state index in [1.165, 1.54) is 12.1 Å². The third-order valence-corrected chi connectivity index (χ3v) is 10.0. The largest absolute Gasteiger partial charge is 0.506 e. The van der Waals surface area contributed by atoms with Crippen LogP contribution in [0.2, 0.25) is 0 Å².